The molecule has 0 bridgehead atoms. The standard InChI is InChI=1S/C31H24N4O3S/c1-37-25-14-13-19(16-26(25)38-2)21-17-24(18-8-4-3-5-9-18)35-31-27(21)28(32)29(39-31)30(36)34-23-12-6-11-22-20(23)10-7-15-33-22/h3-17H,32H2,1-2H3,(H,34,36). The molecule has 39 heavy (non-hydrogen) atoms. The van der Waals surface area contributed by atoms with E-state index in [4.69, 9.17) is 20.2 Å². The van der Waals surface area contributed by atoms with Crippen molar-refractivity contribution < 1.29 is 14.3 Å². The number of hydrogen-bond acceptors (Lipinski definition) is 7. The predicted molar refractivity (Wildman–Crippen MR) is 158 cm³/mol. The summed E-state index contributed by atoms with van der Waals surface area (Å²) in [4.78, 5) is 23.9. The molecule has 0 radical (unpaired) electrons. The Morgan fingerprint density at radius 2 is 1.69 bits per heavy atom. The van der Waals surface area contributed by atoms with Gasteiger partial charge in [-0.3, -0.25) is 9.78 Å². The Morgan fingerprint density at radius 1 is 0.872 bits per heavy atom. The molecule has 0 atom stereocenters. The second-order valence-corrected chi connectivity index (χ2v) is 9.84. The molecule has 8 heteroatoms. The Kier molecular flexibility index (Phi) is 6.30. The number of aromatic nitrogens is 2. The maximum Gasteiger partial charge on any atom is 0.267 e. The van der Waals surface area contributed by atoms with Gasteiger partial charge in [-0.2, -0.15) is 0 Å². The van der Waals surface area contributed by atoms with Crippen molar-refractivity contribution in [1.82, 2.24) is 9.97 Å². The summed E-state index contributed by atoms with van der Waals surface area (Å²) < 4.78 is 11.0. The minimum absolute atomic E-state index is 0.300. The van der Waals surface area contributed by atoms with Crippen molar-refractivity contribution in [3.05, 3.63) is 96.0 Å². The van der Waals surface area contributed by atoms with Crippen LogP contribution in [0.3, 0.4) is 0 Å². The third kappa shape index (κ3) is 4.41. The van der Waals surface area contributed by atoms with Crippen LogP contribution >= 0.6 is 11.3 Å². The van der Waals surface area contributed by atoms with Gasteiger partial charge in [-0.15, -0.1) is 11.3 Å². The number of ether oxygens (including phenoxy) is 2. The Labute approximate surface area is 228 Å². The molecule has 0 fully saturated rings. The number of thiophene rings is 1. The van der Waals surface area contributed by atoms with Crippen LogP contribution in [0.15, 0.2) is 91.1 Å². The number of benzene rings is 3. The van der Waals surface area contributed by atoms with Gasteiger partial charge in [0, 0.05) is 22.5 Å². The van der Waals surface area contributed by atoms with Crippen LogP contribution < -0.4 is 20.5 Å². The lowest BCUT2D eigenvalue weighted by Crippen LogP contribution is -2.12. The van der Waals surface area contributed by atoms with Gasteiger partial charge in [-0.25, -0.2) is 4.98 Å². The summed E-state index contributed by atoms with van der Waals surface area (Å²) in [6.07, 6.45) is 1.73. The first-order valence-corrected chi connectivity index (χ1v) is 13.0. The molecule has 0 aliphatic rings. The normalized spacial score (nSPS) is 11.0. The number of hydrogen-bond donors (Lipinski definition) is 2. The van der Waals surface area contributed by atoms with E-state index in [1.54, 1.807) is 20.4 Å². The summed E-state index contributed by atoms with van der Waals surface area (Å²) in [5.41, 5.74) is 12.0. The predicted octanol–water partition coefficient (Wildman–Crippen LogP) is 7.03. The first kappa shape index (κ1) is 24.4. The zero-order valence-electron chi connectivity index (χ0n) is 21.3. The smallest absolute Gasteiger partial charge is 0.267 e. The number of carbonyl (C=O) groups excluding carboxylic acids is 1. The quantitative estimate of drug-likeness (QED) is 0.239. The molecule has 6 rings (SSSR count). The summed E-state index contributed by atoms with van der Waals surface area (Å²) in [6, 6.07) is 27.0. The van der Waals surface area contributed by atoms with Crippen LogP contribution in [0.5, 0.6) is 11.5 Å². The molecule has 0 aliphatic heterocycles. The largest absolute Gasteiger partial charge is 0.493 e. The second kappa shape index (κ2) is 10.1. The van der Waals surface area contributed by atoms with Crippen LogP contribution in [-0.4, -0.2) is 30.1 Å². The van der Waals surface area contributed by atoms with Crippen LogP contribution in [0, 0.1) is 0 Å². The first-order chi connectivity index (χ1) is 19.1. The Bertz CT molecular complexity index is 1850. The highest BCUT2D eigenvalue weighted by molar-refractivity contribution is 7.21. The number of anilines is 2. The van der Waals surface area contributed by atoms with Gasteiger partial charge in [0.2, 0.25) is 0 Å². The zero-order chi connectivity index (χ0) is 26.9. The number of methoxy groups -OCH3 is 2. The van der Waals surface area contributed by atoms with Crippen LogP contribution in [-0.2, 0) is 0 Å². The average molecular weight is 533 g/mol. The number of nitrogen functional groups attached to an aromatic ring is 1. The van der Waals surface area contributed by atoms with Crippen molar-refractivity contribution in [2.45, 2.75) is 0 Å². The van der Waals surface area contributed by atoms with Gasteiger partial charge in [-0.05, 0) is 53.6 Å². The summed E-state index contributed by atoms with van der Waals surface area (Å²) in [6.45, 7) is 0. The Balaban J connectivity index is 1.51. The molecule has 3 heterocycles. The lowest BCUT2D eigenvalue weighted by molar-refractivity contribution is 0.103. The summed E-state index contributed by atoms with van der Waals surface area (Å²) in [5.74, 6) is 0.918. The highest BCUT2D eigenvalue weighted by Crippen LogP contribution is 2.43. The number of nitrogens with zero attached hydrogens (tertiary/aromatic N) is 2. The minimum atomic E-state index is -0.300. The first-order valence-electron chi connectivity index (χ1n) is 12.2. The van der Waals surface area contributed by atoms with Crippen molar-refractivity contribution in [3.8, 4) is 33.9 Å². The molecule has 7 nitrogen and oxygen atoms in total. The fraction of sp³-hybridized carbons (Fsp3) is 0.0645. The highest BCUT2D eigenvalue weighted by Gasteiger charge is 2.23. The number of rotatable bonds is 6. The van der Waals surface area contributed by atoms with E-state index in [0.717, 1.165) is 38.7 Å². The summed E-state index contributed by atoms with van der Waals surface area (Å²) in [7, 11) is 3.20. The zero-order valence-corrected chi connectivity index (χ0v) is 22.1. The number of nitrogens with two attached hydrogens (primary N) is 1. The van der Waals surface area contributed by atoms with Crippen molar-refractivity contribution >= 4 is 49.7 Å². The Morgan fingerprint density at radius 3 is 2.49 bits per heavy atom. The molecule has 0 saturated carbocycles. The molecule has 1 amide bonds. The van der Waals surface area contributed by atoms with E-state index in [2.05, 4.69) is 10.3 Å². The van der Waals surface area contributed by atoms with E-state index in [1.165, 1.54) is 11.3 Å². The van der Waals surface area contributed by atoms with Gasteiger partial charge in [-0.1, -0.05) is 42.5 Å². The van der Waals surface area contributed by atoms with Gasteiger partial charge >= 0.3 is 0 Å². The van der Waals surface area contributed by atoms with Crippen molar-refractivity contribution in [2.24, 2.45) is 0 Å². The van der Waals surface area contributed by atoms with Crippen LogP contribution in [0.1, 0.15) is 9.67 Å². The van der Waals surface area contributed by atoms with Crippen LogP contribution in [0.25, 0.3) is 43.5 Å². The summed E-state index contributed by atoms with van der Waals surface area (Å²) >= 11 is 1.27. The number of fused-ring (bicyclic) bond motifs is 2. The minimum Gasteiger partial charge on any atom is -0.493 e. The number of pyridine rings is 2. The molecule has 3 aromatic heterocycles. The third-order valence-corrected chi connectivity index (χ3v) is 7.66. The topological polar surface area (TPSA) is 99.4 Å². The molecule has 0 spiro atoms. The van der Waals surface area contributed by atoms with E-state index < -0.39 is 0 Å². The van der Waals surface area contributed by atoms with Crippen LogP contribution in [0.4, 0.5) is 11.4 Å². The molecule has 0 unspecified atom stereocenters. The fourth-order valence-corrected chi connectivity index (χ4v) is 5.68. The monoisotopic (exact) mass is 532 g/mol. The van der Waals surface area contributed by atoms with E-state index in [9.17, 15) is 4.79 Å². The molecule has 192 valence electrons. The van der Waals surface area contributed by atoms with Gasteiger partial charge < -0.3 is 20.5 Å². The highest BCUT2D eigenvalue weighted by atomic mass is 32.1. The molecular formula is C31H24N4O3S. The lowest BCUT2D eigenvalue weighted by Gasteiger charge is -2.12. The second-order valence-electron chi connectivity index (χ2n) is 8.85. The maximum absolute atomic E-state index is 13.6. The van der Waals surface area contributed by atoms with E-state index >= 15 is 0 Å². The van der Waals surface area contributed by atoms with Crippen molar-refractivity contribution in [3.63, 3.8) is 0 Å². The van der Waals surface area contributed by atoms with Crippen LogP contribution in [0.2, 0.25) is 0 Å². The molecule has 3 aromatic carbocycles. The summed E-state index contributed by atoms with van der Waals surface area (Å²) in [5, 5.41) is 4.60. The van der Waals surface area contributed by atoms with Crippen molar-refractivity contribution in [2.75, 3.05) is 25.3 Å². The molecule has 6 aromatic rings. The van der Waals surface area contributed by atoms with E-state index in [0.29, 0.717) is 32.6 Å². The molecule has 0 saturated heterocycles. The fourth-order valence-electron chi connectivity index (χ4n) is 4.67. The third-order valence-electron chi connectivity index (χ3n) is 6.56. The van der Waals surface area contributed by atoms with Gasteiger partial charge in [0.15, 0.2) is 11.5 Å². The van der Waals surface area contributed by atoms with Crippen molar-refractivity contribution in [1.29, 1.82) is 0 Å². The molecule has 0 aliphatic carbocycles. The Hall–Kier alpha value is -4.95. The van der Waals surface area contributed by atoms with E-state index in [-0.39, 0.29) is 5.91 Å². The number of amides is 1. The number of carbonyl (C=O) groups is 1. The number of nitrogens with one attached hydrogen (secondary N) is 1. The van der Waals surface area contributed by atoms with E-state index in [1.807, 2.05) is 84.9 Å². The van der Waals surface area contributed by atoms with Gasteiger partial charge in [0.25, 0.3) is 5.91 Å². The maximum atomic E-state index is 13.6. The molecule has 3 N–H and O–H groups in total. The SMILES string of the molecule is COc1ccc(-c2cc(-c3ccccc3)nc3sc(C(=O)Nc4cccc5ncccc45)c(N)c23)cc1OC. The molecular weight excluding hydrogens is 508 g/mol. The lowest BCUT2D eigenvalue weighted by atomic mass is 9.99. The van der Waals surface area contributed by atoms with Gasteiger partial charge in [0.1, 0.15) is 9.71 Å². The average Bonchev–Trinajstić information content (AvgIpc) is 3.33. The van der Waals surface area contributed by atoms with Gasteiger partial charge in [0.05, 0.1) is 36.8 Å².